The molecule has 0 unspecified atom stereocenters. The molecule has 0 rings (SSSR count). The van der Waals surface area contributed by atoms with Crippen LogP contribution in [-0.2, 0) is 13.6 Å². The topological polar surface area (TPSA) is 35.5 Å². The van der Waals surface area contributed by atoms with Crippen molar-refractivity contribution in [1.29, 1.82) is 0 Å². The fraction of sp³-hybridized carbons (Fsp3) is 1.00. The summed E-state index contributed by atoms with van der Waals surface area (Å²) in [6, 6.07) is 0. The van der Waals surface area contributed by atoms with Gasteiger partial charge in [0.15, 0.2) is 0 Å². The van der Waals surface area contributed by atoms with E-state index >= 15 is 0 Å². The van der Waals surface area contributed by atoms with Crippen LogP contribution in [0.5, 0.6) is 0 Å². The van der Waals surface area contributed by atoms with Gasteiger partial charge in [-0.2, -0.15) is 8.78 Å². The van der Waals surface area contributed by atoms with E-state index in [-0.39, 0.29) is 0 Å². The summed E-state index contributed by atoms with van der Waals surface area (Å²) in [6.07, 6.45) is 0. The molecule has 72 valence electrons. The zero-order valence-corrected chi connectivity index (χ0v) is 12.2. The van der Waals surface area contributed by atoms with Gasteiger partial charge in [0.1, 0.15) is 0 Å². The maximum absolute atomic E-state index is 12.4. The van der Waals surface area contributed by atoms with Gasteiger partial charge in [0.05, 0.1) is 0 Å². The monoisotopic (exact) mass is 457 g/mol. The second-order valence-corrected chi connectivity index (χ2v) is 8.32. The van der Waals surface area contributed by atoms with Crippen LogP contribution in [0.15, 0.2) is 0 Å². The van der Waals surface area contributed by atoms with E-state index in [1.807, 2.05) is 0 Å². The second kappa shape index (κ2) is 5.04. The largest absolute Gasteiger partial charge is 0.707 e. The minimum absolute atomic E-state index is 2.30. The standard InChI is InChI=1S/C2Br4F2O3P/c3-1(4,7)10-12(9)11-2(5,6)8/q+1. The number of hydrogen-bond donors (Lipinski definition) is 0. The zero-order valence-electron chi connectivity index (χ0n) is 4.94. The Labute approximate surface area is 101 Å². The highest BCUT2D eigenvalue weighted by Crippen LogP contribution is 2.46. The van der Waals surface area contributed by atoms with Crippen LogP contribution in [0.4, 0.5) is 8.78 Å². The highest BCUT2D eigenvalue weighted by molar-refractivity contribution is 9.25. The Hall–Kier alpha value is 1.80. The van der Waals surface area contributed by atoms with Crippen LogP contribution >= 0.6 is 72.0 Å². The third kappa shape index (κ3) is 9.88. The molecule has 3 nitrogen and oxygen atoms in total. The van der Waals surface area contributed by atoms with Gasteiger partial charge in [0.2, 0.25) is 0 Å². The smallest absolute Gasteiger partial charge is 0.181 e. The lowest BCUT2D eigenvalue weighted by Gasteiger charge is -2.02. The van der Waals surface area contributed by atoms with Crippen LogP contribution in [0.3, 0.4) is 0 Å². The molecule has 0 amide bonds. The molecule has 0 aliphatic heterocycles. The number of halogens is 6. The maximum Gasteiger partial charge on any atom is 0.707 e. The van der Waals surface area contributed by atoms with Crippen LogP contribution < -0.4 is 0 Å². The molecule has 0 fully saturated rings. The Bertz CT molecular complexity index is 158. The molecular weight excluding hydrogens is 461 g/mol. The second-order valence-electron chi connectivity index (χ2n) is 1.30. The van der Waals surface area contributed by atoms with E-state index in [2.05, 4.69) is 72.8 Å². The maximum atomic E-state index is 12.4. The molecule has 0 radical (unpaired) electrons. The Morgan fingerprint density at radius 1 is 1.00 bits per heavy atom. The van der Waals surface area contributed by atoms with E-state index < -0.39 is 15.6 Å². The van der Waals surface area contributed by atoms with Gasteiger partial charge in [-0.05, 0) is 0 Å². The van der Waals surface area contributed by atoms with E-state index in [0.717, 1.165) is 0 Å². The van der Waals surface area contributed by atoms with Gasteiger partial charge < -0.3 is 0 Å². The van der Waals surface area contributed by atoms with Gasteiger partial charge in [-0.15, -0.1) is 0 Å². The van der Waals surface area contributed by atoms with Crippen molar-refractivity contribution in [1.82, 2.24) is 0 Å². The Morgan fingerprint density at radius 3 is 1.42 bits per heavy atom. The first-order valence-electron chi connectivity index (χ1n) is 2.09. The van der Waals surface area contributed by atoms with Crippen molar-refractivity contribution in [2.75, 3.05) is 0 Å². The van der Waals surface area contributed by atoms with Crippen molar-refractivity contribution in [3.05, 3.63) is 0 Å². The van der Waals surface area contributed by atoms with E-state index in [1.54, 1.807) is 0 Å². The predicted molar refractivity (Wildman–Crippen MR) is 53.2 cm³/mol. The van der Waals surface area contributed by atoms with Crippen LogP contribution in [-0.4, -0.2) is 7.35 Å². The Kier molecular flexibility index (Phi) is 5.80. The van der Waals surface area contributed by atoms with Crippen LogP contribution in [0.1, 0.15) is 0 Å². The molecular formula is C2Br4F2O3P+. The molecule has 0 aromatic carbocycles. The average molecular weight is 461 g/mol. The lowest BCUT2D eigenvalue weighted by molar-refractivity contribution is 0.0741. The summed E-state index contributed by atoms with van der Waals surface area (Å²) in [5.74, 6) is 0. The first-order valence-corrected chi connectivity index (χ1v) is 6.36. The van der Waals surface area contributed by atoms with Gasteiger partial charge in [0.25, 0.3) is 0 Å². The molecule has 0 atom stereocenters. The quantitative estimate of drug-likeness (QED) is 0.460. The molecule has 0 saturated carbocycles. The molecule has 0 aliphatic carbocycles. The fourth-order valence-corrected chi connectivity index (χ4v) is 1.98. The van der Waals surface area contributed by atoms with Crippen molar-refractivity contribution in [3.63, 3.8) is 0 Å². The fourth-order valence-electron chi connectivity index (χ4n) is 0.188. The molecule has 0 saturated heterocycles. The van der Waals surface area contributed by atoms with Crippen LogP contribution in [0.2, 0.25) is 0 Å². The van der Waals surface area contributed by atoms with Gasteiger partial charge in [-0.3, -0.25) is 0 Å². The minimum atomic E-state index is -2.94. The molecule has 0 heterocycles. The molecule has 0 spiro atoms. The first-order chi connectivity index (χ1) is 5.10. The third-order valence-corrected chi connectivity index (χ3v) is 2.81. The number of alkyl halides is 6. The lowest BCUT2D eigenvalue weighted by Crippen LogP contribution is -2.08. The first kappa shape index (κ1) is 13.8. The summed E-state index contributed by atoms with van der Waals surface area (Å²) >= 11 is 9.19. The molecule has 10 heteroatoms. The Balaban J connectivity index is 3.92. The van der Waals surface area contributed by atoms with Crippen LogP contribution in [0, 0.1) is 0 Å². The van der Waals surface area contributed by atoms with Gasteiger partial charge >= 0.3 is 15.6 Å². The highest BCUT2D eigenvalue weighted by Gasteiger charge is 2.44. The highest BCUT2D eigenvalue weighted by atomic mass is 79.9. The van der Waals surface area contributed by atoms with Gasteiger partial charge in [0, 0.05) is 68.3 Å². The van der Waals surface area contributed by atoms with Gasteiger partial charge in [-0.25, -0.2) is 0 Å². The molecule has 0 N–H and O–H groups in total. The summed E-state index contributed by atoms with van der Waals surface area (Å²) < 4.78 is 38.3. The summed E-state index contributed by atoms with van der Waals surface area (Å²) in [5, 5.41) is 0. The van der Waals surface area contributed by atoms with Crippen molar-refractivity contribution in [2.45, 2.75) is 7.35 Å². The molecule has 0 aromatic rings. The van der Waals surface area contributed by atoms with Crippen LogP contribution in [0.25, 0.3) is 0 Å². The molecule has 0 aromatic heterocycles. The normalized spacial score (nSPS) is 13.2. The SMILES string of the molecule is O=[P+](OC(F)(Br)Br)OC(F)(Br)Br. The third-order valence-electron chi connectivity index (χ3n) is 0.356. The summed E-state index contributed by atoms with van der Waals surface area (Å²) in [6.45, 7) is 0. The molecule has 0 bridgehead atoms. The number of hydrogen-bond acceptors (Lipinski definition) is 3. The molecule has 12 heavy (non-hydrogen) atoms. The van der Waals surface area contributed by atoms with Crippen molar-refractivity contribution < 1.29 is 22.4 Å². The van der Waals surface area contributed by atoms with Crippen molar-refractivity contribution in [3.8, 4) is 0 Å². The number of rotatable bonds is 4. The zero-order chi connectivity index (χ0) is 9.99. The summed E-state index contributed by atoms with van der Waals surface area (Å²) in [7, 11) is -2.94. The average Bonchev–Trinajstić information content (AvgIpc) is 1.49. The van der Waals surface area contributed by atoms with E-state index in [0.29, 0.717) is 0 Å². The minimum Gasteiger partial charge on any atom is -0.181 e. The van der Waals surface area contributed by atoms with Crippen molar-refractivity contribution in [2.24, 2.45) is 0 Å². The van der Waals surface area contributed by atoms with E-state index in [9.17, 15) is 13.3 Å². The van der Waals surface area contributed by atoms with E-state index in [4.69, 9.17) is 0 Å². The molecule has 0 aliphatic rings. The summed E-state index contributed by atoms with van der Waals surface area (Å²) in [4.78, 5) is 0. The van der Waals surface area contributed by atoms with Gasteiger partial charge in [-0.1, -0.05) is 9.05 Å². The summed E-state index contributed by atoms with van der Waals surface area (Å²) in [5.41, 5.74) is 0. The Morgan fingerprint density at radius 2 is 1.25 bits per heavy atom. The lowest BCUT2D eigenvalue weighted by atomic mass is 11.6. The van der Waals surface area contributed by atoms with Crippen molar-refractivity contribution >= 4 is 72.0 Å². The predicted octanol–water partition coefficient (Wildman–Crippen LogP) is 4.42. The van der Waals surface area contributed by atoms with E-state index in [1.165, 1.54) is 0 Å².